The van der Waals surface area contributed by atoms with E-state index in [-0.39, 0.29) is 11.3 Å². The van der Waals surface area contributed by atoms with Crippen molar-refractivity contribution in [2.45, 2.75) is 31.6 Å². The Balaban J connectivity index is 1.97. The molecule has 0 aliphatic carbocycles. The van der Waals surface area contributed by atoms with E-state index in [1.807, 2.05) is 44.2 Å². The van der Waals surface area contributed by atoms with E-state index in [9.17, 15) is 13.2 Å². The van der Waals surface area contributed by atoms with Gasteiger partial charge in [0.1, 0.15) is 11.5 Å². The van der Waals surface area contributed by atoms with Gasteiger partial charge in [0.25, 0.3) is 10.0 Å². The molecule has 6 nitrogen and oxygen atoms in total. The lowest BCUT2D eigenvalue weighted by Crippen LogP contribution is -2.32. The second-order valence-corrected chi connectivity index (χ2v) is 8.44. The fourth-order valence-electron chi connectivity index (χ4n) is 2.96. The van der Waals surface area contributed by atoms with Crippen LogP contribution in [-0.4, -0.2) is 30.8 Å². The highest BCUT2D eigenvalue weighted by atomic mass is 32.2. The van der Waals surface area contributed by atoms with Crippen LogP contribution in [0.5, 0.6) is 0 Å². The van der Waals surface area contributed by atoms with Gasteiger partial charge in [-0.25, -0.2) is 12.7 Å². The maximum Gasteiger partial charge on any atom is 0.266 e. The molecule has 0 saturated heterocycles. The van der Waals surface area contributed by atoms with Gasteiger partial charge in [-0.2, -0.15) is 0 Å². The Morgan fingerprint density at radius 1 is 1.04 bits per heavy atom. The zero-order valence-electron chi connectivity index (χ0n) is 16.0. The summed E-state index contributed by atoms with van der Waals surface area (Å²) in [4.78, 5) is 12.1. The van der Waals surface area contributed by atoms with E-state index in [1.54, 1.807) is 12.1 Å². The van der Waals surface area contributed by atoms with Crippen LogP contribution in [0.4, 0.5) is 0 Å². The minimum atomic E-state index is -3.87. The lowest BCUT2D eigenvalue weighted by molar-refractivity contribution is -0.125. The summed E-state index contributed by atoms with van der Waals surface area (Å²) in [6.07, 6.45) is 0.779. The number of rotatable bonds is 6. The Bertz CT molecular complexity index is 1070. The molecule has 1 amide bonds. The molecule has 0 bridgehead atoms. The Morgan fingerprint density at radius 2 is 1.68 bits per heavy atom. The van der Waals surface area contributed by atoms with E-state index < -0.39 is 15.9 Å². The van der Waals surface area contributed by atoms with Crippen molar-refractivity contribution in [3.63, 3.8) is 0 Å². The second kappa shape index (κ2) is 7.98. The largest absolute Gasteiger partial charge is 0.360 e. The number of benzene rings is 2. The Morgan fingerprint density at radius 3 is 2.29 bits per heavy atom. The highest BCUT2D eigenvalue weighted by molar-refractivity contribution is 7.89. The monoisotopic (exact) mass is 398 g/mol. The molecule has 0 radical (unpaired) electrons. The Hall–Kier alpha value is -2.93. The number of hydrogen-bond donors (Lipinski definition) is 0. The zero-order valence-corrected chi connectivity index (χ0v) is 16.9. The van der Waals surface area contributed by atoms with Gasteiger partial charge in [-0.3, -0.25) is 4.79 Å². The standard InChI is InChI=1S/C21H22N2O4S/c1-4-8-19(24)23(3)28(25,26)18-13-11-16(12-14-18)20-15(2)27-22-21(20)17-9-6-5-7-10-17/h5-7,9-14H,4,8H2,1-3H3. The van der Waals surface area contributed by atoms with E-state index in [1.165, 1.54) is 19.2 Å². The zero-order chi connectivity index (χ0) is 20.3. The molecule has 3 aromatic rings. The van der Waals surface area contributed by atoms with Crippen LogP contribution in [0.1, 0.15) is 25.5 Å². The molecule has 7 heteroatoms. The maximum absolute atomic E-state index is 12.7. The van der Waals surface area contributed by atoms with Gasteiger partial charge in [0.2, 0.25) is 5.91 Å². The molecule has 28 heavy (non-hydrogen) atoms. The third-order valence-corrected chi connectivity index (χ3v) is 6.32. The number of aryl methyl sites for hydroxylation is 1. The summed E-state index contributed by atoms with van der Waals surface area (Å²) in [6.45, 7) is 3.65. The first-order valence-corrected chi connectivity index (χ1v) is 10.4. The molecule has 0 fully saturated rings. The first-order valence-electron chi connectivity index (χ1n) is 9.00. The summed E-state index contributed by atoms with van der Waals surface area (Å²) in [5, 5.41) is 4.16. The van der Waals surface area contributed by atoms with E-state index in [0.717, 1.165) is 21.0 Å². The van der Waals surface area contributed by atoms with Gasteiger partial charge in [-0.1, -0.05) is 54.5 Å². The van der Waals surface area contributed by atoms with Crippen LogP contribution in [0, 0.1) is 6.92 Å². The number of amides is 1. The molecule has 3 rings (SSSR count). The summed E-state index contributed by atoms with van der Waals surface area (Å²) in [7, 11) is -2.58. The Kier molecular flexibility index (Phi) is 5.65. The molecule has 0 spiro atoms. The number of sulfonamides is 1. The first kappa shape index (κ1) is 19.8. The summed E-state index contributed by atoms with van der Waals surface area (Å²) < 4.78 is 31.5. The molecule has 0 unspecified atom stereocenters. The van der Waals surface area contributed by atoms with Crippen LogP contribution in [0.2, 0.25) is 0 Å². The quantitative estimate of drug-likeness (QED) is 0.620. The van der Waals surface area contributed by atoms with Crippen LogP contribution in [0.15, 0.2) is 64.0 Å². The lowest BCUT2D eigenvalue weighted by atomic mass is 10.00. The predicted molar refractivity (Wildman–Crippen MR) is 107 cm³/mol. The van der Waals surface area contributed by atoms with Crippen molar-refractivity contribution >= 4 is 15.9 Å². The third kappa shape index (κ3) is 3.71. The summed E-state index contributed by atoms with van der Waals surface area (Å²) >= 11 is 0. The molecule has 1 heterocycles. The summed E-state index contributed by atoms with van der Waals surface area (Å²) in [5.41, 5.74) is 3.21. The molecular weight excluding hydrogens is 376 g/mol. The second-order valence-electron chi connectivity index (χ2n) is 6.47. The summed E-state index contributed by atoms with van der Waals surface area (Å²) in [6, 6.07) is 16.1. The lowest BCUT2D eigenvalue weighted by Gasteiger charge is -2.17. The van der Waals surface area contributed by atoms with Crippen molar-refractivity contribution < 1.29 is 17.7 Å². The first-order chi connectivity index (χ1) is 13.4. The Labute approximate surface area is 164 Å². The average molecular weight is 398 g/mol. The van der Waals surface area contributed by atoms with Crippen LogP contribution in [0.3, 0.4) is 0 Å². The topological polar surface area (TPSA) is 80.5 Å². The normalized spacial score (nSPS) is 11.4. The van der Waals surface area contributed by atoms with Crippen LogP contribution < -0.4 is 0 Å². The maximum atomic E-state index is 12.7. The molecule has 0 aliphatic rings. The molecule has 0 saturated carbocycles. The van der Waals surface area contributed by atoms with Gasteiger partial charge >= 0.3 is 0 Å². The van der Waals surface area contributed by atoms with Gasteiger partial charge in [0.15, 0.2) is 0 Å². The van der Waals surface area contributed by atoms with Gasteiger partial charge < -0.3 is 4.52 Å². The van der Waals surface area contributed by atoms with Gasteiger partial charge in [-0.05, 0) is 31.0 Å². The van der Waals surface area contributed by atoms with Crippen LogP contribution >= 0.6 is 0 Å². The number of hydrogen-bond acceptors (Lipinski definition) is 5. The summed E-state index contributed by atoms with van der Waals surface area (Å²) in [5.74, 6) is 0.220. The van der Waals surface area contributed by atoms with E-state index in [4.69, 9.17) is 4.52 Å². The van der Waals surface area contributed by atoms with Crippen LogP contribution in [0.25, 0.3) is 22.4 Å². The minimum absolute atomic E-state index is 0.0681. The average Bonchev–Trinajstić information content (AvgIpc) is 3.09. The minimum Gasteiger partial charge on any atom is -0.360 e. The van der Waals surface area contributed by atoms with Crippen molar-refractivity contribution in [1.29, 1.82) is 0 Å². The molecule has 0 aliphatic heterocycles. The molecular formula is C21H22N2O4S. The SMILES string of the molecule is CCCC(=O)N(C)S(=O)(=O)c1ccc(-c2c(-c3ccccc3)noc2C)cc1. The molecule has 0 atom stereocenters. The van der Waals surface area contributed by atoms with Crippen molar-refractivity contribution in [3.05, 3.63) is 60.4 Å². The van der Waals surface area contributed by atoms with Gasteiger partial charge in [0, 0.05) is 19.0 Å². The molecule has 0 N–H and O–H groups in total. The number of aromatic nitrogens is 1. The van der Waals surface area contributed by atoms with E-state index in [2.05, 4.69) is 5.16 Å². The number of carbonyl (C=O) groups is 1. The molecule has 1 aromatic heterocycles. The fourth-order valence-corrected chi connectivity index (χ4v) is 4.12. The van der Waals surface area contributed by atoms with Gasteiger partial charge in [0.05, 0.1) is 10.5 Å². The van der Waals surface area contributed by atoms with Crippen LogP contribution in [-0.2, 0) is 14.8 Å². The molecule has 2 aromatic carbocycles. The van der Waals surface area contributed by atoms with Crippen molar-refractivity contribution in [3.8, 4) is 22.4 Å². The molecule has 146 valence electrons. The van der Waals surface area contributed by atoms with Crippen molar-refractivity contribution in [1.82, 2.24) is 9.46 Å². The van der Waals surface area contributed by atoms with Crippen molar-refractivity contribution in [2.24, 2.45) is 0 Å². The highest BCUT2D eigenvalue weighted by Gasteiger charge is 2.25. The van der Waals surface area contributed by atoms with Gasteiger partial charge in [-0.15, -0.1) is 0 Å². The highest BCUT2D eigenvalue weighted by Crippen LogP contribution is 2.34. The fraction of sp³-hybridized carbons (Fsp3) is 0.238. The van der Waals surface area contributed by atoms with E-state index >= 15 is 0 Å². The third-order valence-electron chi connectivity index (χ3n) is 4.53. The smallest absolute Gasteiger partial charge is 0.266 e. The number of carbonyl (C=O) groups excluding carboxylic acids is 1. The number of nitrogens with zero attached hydrogens (tertiary/aromatic N) is 2. The predicted octanol–water partition coefficient (Wildman–Crippen LogP) is 4.26. The van der Waals surface area contributed by atoms with E-state index in [0.29, 0.717) is 17.9 Å². The van der Waals surface area contributed by atoms with Crippen molar-refractivity contribution in [2.75, 3.05) is 7.05 Å².